The highest BCUT2D eigenvalue weighted by Crippen LogP contribution is 2.41. The number of phenols is 1. The Kier molecular flexibility index (Phi) is 16.7. The van der Waals surface area contributed by atoms with Gasteiger partial charge < -0.3 is 5.11 Å². The molecule has 0 fully saturated rings. The topological polar surface area (TPSA) is 54.1 Å². The zero-order valence-electron chi connectivity index (χ0n) is 39.2. The minimum absolute atomic E-state index is 0.0670. The Labute approximate surface area is 433 Å². The predicted octanol–water partition coefficient (Wildman–Crippen LogP) is 13.8. The first-order chi connectivity index (χ1) is 36.5. The maximum Gasteiger partial charge on any atom is 0.416 e. The smallest absolute Gasteiger partial charge is 0.416 e. The van der Waals surface area contributed by atoms with Crippen molar-refractivity contribution in [3.8, 4) is 5.75 Å². The molecule has 0 aliphatic heterocycles. The van der Waals surface area contributed by atoms with Crippen molar-refractivity contribution in [1.82, 2.24) is 4.98 Å². The molecule has 0 aliphatic rings. The lowest BCUT2D eigenvalue weighted by atomic mass is 9.12. The number of hydrogen-bond donors (Lipinski definition) is 1. The molecule has 0 aliphatic carbocycles. The first kappa shape index (κ1) is 61.5. The quantitative estimate of drug-likeness (QED) is 0.0678. The van der Waals surface area contributed by atoms with E-state index in [1.54, 1.807) is 24.5 Å². The van der Waals surface area contributed by atoms with Crippen molar-refractivity contribution in [2.75, 3.05) is 0 Å². The van der Waals surface area contributed by atoms with Crippen LogP contribution in [-0.2, 0) is 62.4 Å². The Morgan fingerprint density at radius 3 is 0.975 bits per heavy atom. The highest BCUT2D eigenvalue weighted by atomic mass is 19.4. The van der Waals surface area contributed by atoms with E-state index < -0.39 is 195 Å². The summed E-state index contributed by atoms with van der Waals surface area (Å²) in [6, 6.07) is 7.50. The van der Waals surface area contributed by atoms with E-state index in [-0.39, 0.29) is 18.1 Å². The summed E-state index contributed by atoms with van der Waals surface area (Å²) in [5.74, 6) is 0.315. The minimum atomic E-state index is -6.13. The molecular formula is C51H29BF24N2O2. The van der Waals surface area contributed by atoms with Gasteiger partial charge in [-0.25, -0.2) is 4.98 Å². The maximum atomic E-state index is 14.2. The van der Waals surface area contributed by atoms with Crippen molar-refractivity contribution >= 4 is 33.8 Å². The Bertz CT molecular complexity index is 2920. The molecule has 80 heavy (non-hydrogen) atoms. The van der Waals surface area contributed by atoms with Crippen molar-refractivity contribution in [2.45, 2.75) is 62.4 Å². The molecule has 0 radical (unpaired) electrons. The summed E-state index contributed by atoms with van der Waals surface area (Å²) < 4.78 is 343. The number of carbonyl (C=O) groups is 1. The van der Waals surface area contributed by atoms with Crippen molar-refractivity contribution < 1.29 is 120 Å². The molecule has 1 N–H and O–H groups in total. The third kappa shape index (κ3) is 14.5. The number of rotatable bonds is 9. The molecule has 0 unspecified atom stereocenters. The van der Waals surface area contributed by atoms with E-state index in [0.29, 0.717) is 12.0 Å². The number of benzene rings is 6. The normalized spacial score (nSPS) is 13.2. The summed E-state index contributed by atoms with van der Waals surface area (Å²) in [4.78, 5) is 16.6. The van der Waals surface area contributed by atoms with Crippen LogP contribution >= 0.6 is 0 Å². The van der Waals surface area contributed by atoms with Gasteiger partial charge in [-0.05, 0) is 42.0 Å². The number of phenolic OH excluding ortho intramolecular Hbond substituents is 1. The van der Waals surface area contributed by atoms with Crippen molar-refractivity contribution in [2.24, 2.45) is 0 Å². The number of aromatic nitrogens is 2. The number of hydrogen-bond acceptors (Lipinski definition) is 3. The van der Waals surface area contributed by atoms with Crippen LogP contribution in [0.4, 0.5) is 105 Å². The Morgan fingerprint density at radius 1 is 0.412 bits per heavy atom. The summed E-state index contributed by atoms with van der Waals surface area (Å²) >= 11 is 0. The van der Waals surface area contributed by atoms with Crippen LogP contribution in [0.3, 0.4) is 0 Å². The number of ketones is 1. The second-order valence-corrected chi connectivity index (χ2v) is 17.6. The standard InChI is InChI=1S/C32H12BF24.C19H16N2O2/c34-25(35,36)13-1-14(26(37,38)39)6-21(5-13)33(22-7-15(27(40,41)42)2-16(8-22)28(43,44)45,23-9-17(29(46,47)48)3-18(10-23)30(49,50)51)24-11-19(31(52,53)54)4-20(12-24)32(55,56)57;22-18-8-6-15(7-9-18)12-17-13-21(11-10-20-17)14-19(23)16-4-2-1-3-5-16/h1-12H;1-11,13H,12,14H2/q-1;/p+1. The Hall–Kier alpha value is -7.75. The molecule has 1 aromatic heterocycles. The van der Waals surface area contributed by atoms with Gasteiger partial charge in [0.15, 0.2) is 12.4 Å². The van der Waals surface area contributed by atoms with Gasteiger partial charge >= 0.3 is 49.4 Å². The molecule has 7 rings (SSSR count). The summed E-state index contributed by atoms with van der Waals surface area (Å²) in [5.41, 5.74) is -27.6. The van der Waals surface area contributed by atoms with Gasteiger partial charge in [0.2, 0.25) is 12.3 Å². The molecule has 0 spiro atoms. The SMILES string of the molecule is FC(F)(F)c1cc([B-](c2cc(C(F)(F)F)cc(C(F)(F)F)c2)(c2cc(C(F)(F)F)cc(C(F)(F)F)c2)c2cc(C(F)(F)F)cc(C(F)(F)F)c2)cc(C(F)(F)F)c1.O=C(C[n+]1ccnc(Cc2ccc(O)cc2)c1)c1ccccc1. The lowest BCUT2D eigenvalue weighted by molar-refractivity contribution is -0.684. The fraction of sp³-hybridized carbons (Fsp3) is 0.196. The lowest BCUT2D eigenvalue weighted by Crippen LogP contribution is -2.75. The largest absolute Gasteiger partial charge is 0.508 e. The molecule has 7 aromatic rings. The van der Waals surface area contributed by atoms with Crippen LogP contribution in [0.15, 0.2) is 146 Å². The highest BCUT2D eigenvalue weighted by Gasteiger charge is 2.47. The average molecular weight is 1170 g/mol. The minimum Gasteiger partial charge on any atom is -0.508 e. The maximum absolute atomic E-state index is 14.2. The van der Waals surface area contributed by atoms with Crippen LogP contribution in [0, 0.1) is 0 Å². The van der Waals surface area contributed by atoms with Crippen LogP contribution in [0.25, 0.3) is 0 Å². The number of Topliss-reactive ketones (excluding diaryl/α,β-unsaturated/α-hetero) is 1. The van der Waals surface area contributed by atoms with Crippen molar-refractivity contribution in [3.05, 3.63) is 207 Å². The monoisotopic (exact) mass is 1170 g/mol. The van der Waals surface area contributed by atoms with Crippen LogP contribution in [0.2, 0.25) is 0 Å². The number of aromatic hydroxyl groups is 1. The predicted molar refractivity (Wildman–Crippen MR) is 236 cm³/mol. The molecule has 4 nitrogen and oxygen atoms in total. The zero-order chi connectivity index (χ0) is 60.0. The molecule has 0 saturated heterocycles. The van der Waals surface area contributed by atoms with Crippen LogP contribution in [0.1, 0.15) is 66.1 Å². The Morgan fingerprint density at radius 2 is 0.700 bits per heavy atom. The van der Waals surface area contributed by atoms with Gasteiger partial charge in [-0.1, -0.05) is 91.0 Å². The molecule has 29 heteroatoms. The highest BCUT2D eigenvalue weighted by molar-refractivity contribution is 7.20. The van der Waals surface area contributed by atoms with E-state index in [1.165, 1.54) is 0 Å². The van der Waals surface area contributed by atoms with Crippen molar-refractivity contribution in [3.63, 3.8) is 0 Å². The van der Waals surface area contributed by atoms with Gasteiger partial charge in [-0.3, -0.25) is 4.79 Å². The second kappa shape index (κ2) is 21.7. The molecule has 0 atom stereocenters. The van der Waals surface area contributed by atoms with E-state index in [1.807, 2.05) is 53.2 Å². The molecule has 6 aromatic carbocycles. The van der Waals surface area contributed by atoms with Gasteiger partial charge in [0.05, 0.1) is 50.7 Å². The third-order valence-electron chi connectivity index (χ3n) is 12.0. The number of halogens is 24. The zero-order valence-corrected chi connectivity index (χ0v) is 39.2. The summed E-state index contributed by atoms with van der Waals surface area (Å²) in [6.07, 6.45) is -48.8. The van der Waals surface area contributed by atoms with Gasteiger partial charge in [-0.2, -0.15) is 132 Å². The fourth-order valence-electron chi connectivity index (χ4n) is 8.45. The molecule has 426 valence electrons. The summed E-state index contributed by atoms with van der Waals surface area (Å²) in [5, 5.41) is 9.32. The number of alkyl halides is 24. The van der Waals surface area contributed by atoms with E-state index in [9.17, 15) is 115 Å². The van der Waals surface area contributed by atoms with E-state index in [2.05, 4.69) is 4.98 Å². The first-order valence-corrected chi connectivity index (χ1v) is 22.0. The number of carbonyl (C=O) groups excluding carboxylic acids is 1. The van der Waals surface area contributed by atoms with Crippen LogP contribution in [-0.4, -0.2) is 22.0 Å². The summed E-state index contributed by atoms with van der Waals surface area (Å²) in [7, 11) is 0. The third-order valence-corrected chi connectivity index (χ3v) is 12.0. The molecular weight excluding hydrogens is 1140 g/mol. The average Bonchev–Trinajstić information content (AvgIpc) is 3.33. The second-order valence-electron chi connectivity index (χ2n) is 17.6. The molecule has 0 saturated carbocycles. The van der Waals surface area contributed by atoms with Crippen LogP contribution in [0.5, 0.6) is 5.75 Å². The lowest BCUT2D eigenvalue weighted by Gasteiger charge is -2.46. The molecule has 1 heterocycles. The van der Waals surface area contributed by atoms with Gasteiger partial charge in [0, 0.05) is 12.0 Å². The summed E-state index contributed by atoms with van der Waals surface area (Å²) in [6.45, 7) is 0.287. The number of nitrogens with zero attached hydrogens (tertiary/aromatic N) is 2. The van der Waals surface area contributed by atoms with Crippen molar-refractivity contribution in [1.29, 1.82) is 0 Å². The fourth-order valence-corrected chi connectivity index (χ4v) is 8.45. The van der Waals surface area contributed by atoms with E-state index in [0.717, 1.165) is 11.3 Å². The molecule has 0 amide bonds. The van der Waals surface area contributed by atoms with E-state index >= 15 is 0 Å². The first-order valence-electron chi connectivity index (χ1n) is 22.0. The van der Waals surface area contributed by atoms with Crippen LogP contribution < -0.4 is 26.4 Å². The van der Waals surface area contributed by atoms with Gasteiger partial charge in [-0.15, -0.1) is 0 Å². The van der Waals surface area contributed by atoms with E-state index in [4.69, 9.17) is 0 Å². The van der Waals surface area contributed by atoms with Gasteiger partial charge in [0.1, 0.15) is 17.6 Å². The Balaban J connectivity index is 0.000000370. The molecule has 0 bridgehead atoms. The van der Waals surface area contributed by atoms with Gasteiger partial charge in [0.25, 0.3) is 0 Å².